The van der Waals surface area contributed by atoms with Crippen LogP contribution < -0.4 is 0 Å². The van der Waals surface area contributed by atoms with E-state index in [0.717, 1.165) is 23.3 Å². The highest BCUT2D eigenvalue weighted by atomic mass is 32.1. The topological polar surface area (TPSA) is 40.6 Å². The number of carbonyl (C=O) groups excluding carboxylic acids is 2. The van der Waals surface area contributed by atoms with Crippen molar-refractivity contribution in [1.82, 2.24) is 9.80 Å². The molecule has 2 rings (SSSR count). The normalized spacial score (nSPS) is 10.5. The molecule has 5 heteroatoms. The van der Waals surface area contributed by atoms with Crippen molar-refractivity contribution in [1.29, 1.82) is 0 Å². The van der Waals surface area contributed by atoms with Crippen molar-refractivity contribution in [3.63, 3.8) is 0 Å². The molecule has 2 aromatic rings. The van der Waals surface area contributed by atoms with Gasteiger partial charge in [0.25, 0.3) is 0 Å². The Bertz CT molecular complexity index is 671. The van der Waals surface area contributed by atoms with Crippen molar-refractivity contribution in [2.24, 2.45) is 0 Å². The second-order valence-corrected chi connectivity index (χ2v) is 7.41. The first-order valence-corrected chi connectivity index (χ1v) is 10.1. The summed E-state index contributed by atoms with van der Waals surface area (Å²) in [6.07, 6.45) is 2.15. The molecule has 26 heavy (non-hydrogen) atoms. The van der Waals surface area contributed by atoms with Crippen molar-refractivity contribution >= 4 is 23.2 Å². The van der Waals surface area contributed by atoms with Gasteiger partial charge in [0.15, 0.2) is 0 Å². The predicted octanol–water partition coefficient (Wildman–Crippen LogP) is 4.32. The summed E-state index contributed by atoms with van der Waals surface area (Å²) in [7, 11) is 0. The number of thiophene rings is 1. The van der Waals surface area contributed by atoms with Gasteiger partial charge < -0.3 is 9.80 Å². The fourth-order valence-electron chi connectivity index (χ4n) is 2.82. The fourth-order valence-corrected chi connectivity index (χ4v) is 3.54. The number of rotatable bonds is 10. The Kier molecular flexibility index (Phi) is 8.35. The van der Waals surface area contributed by atoms with Gasteiger partial charge in [-0.25, -0.2) is 0 Å². The van der Waals surface area contributed by atoms with Gasteiger partial charge in [0.05, 0.1) is 13.1 Å². The van der Waals surface area contributed by atoms with E-state index in [9.17, 15) is 9.59 Å². The maximum Gasteiger partial charge on any atom is 0.242 e. The van der Waals surface area contributed by atoms with Crippen LogP contribution in [-0.2, 0) is 22.7 Å². The van der Waals surface area contributed by atoms with Crippen molar-refractivity contribution in [2.75, 3.05) is 13.1 Å². The van der Waals surface area contributed by atoms with Gasteiger partial charge in [0.1, 0.15) is 0 Å². The summed E-state index contributed by atoms with van der Waals surface area (Å²) in [5.41, 5.74) is 1.10. The standard InChI is InChI=1S/C21H28N2O2S/c1-3-9-20(24)22(13-4-2)17-21(25)23(16-19-12-8-14-26-19)15-18-10-6-5-7-11-18/h5-8,10-12,14H,3-4,9,13,15-17H2,1-2H3. The molecule has 0 N–H and O–H groups in total. The molecule has 140 valence electrons. The molecule has 0 fully saturated rings. The molecule has 0 unspecified atom stereocenters. The van der Waals surface area contributed by atoms with E-state index in [1.165, 1.54) is 0 Å². The Balaban J connectivity index is 2.11. The average Bonchev–Trinajstić information content (AvgIpc) is 3.15. The second-order valence-electron chi connectivity index (χ2n) is 6.38. The second kappa shape index (κ2) is 10.8. The molecule has 0 bridgehead atoms. The predicted molar refractivity (Wildman–Crippen MR) is 107 cm³/mol. The summed E-state index contributed by atoms with van der Waals surface area (Å²) >= 11 is 1.65. The molecule has 1 aromatic carbocycles. The van der Waals surface area contributed by atoms with Gasteiger partial charge in [0, 0.05) is 24.4 Å². The largest absolute Gasteiger partial charge is 0.333 e. The van der Waals surface area contributed by atoms with E-state index in [2.05, 4.69) is 0 Å². The molecule has 0 atom stereocenters. The van der Waals surface area contributed by atoms with Crippen LogP contribution in [0.15, 0.2) is 47.8 Å². The molecule has 0 spiro atoms. The molecule has 0 aliphatic heterocycles. The zero-order chi connectivity index (χ0) is 18.8. The zero-order valence-electron chi connectivity index (χ0n) is 15.7. The lowest BCUT2D eigenvalue weighted by Crippen LogP contribution is -2.42. The monoisotopic (exact) mass is 372 g/mol. The van der Waals surface area contributed by atoms with Gasteiger partial charge >= 0.3 is 0 Å². The SMILES string of the molecule is CCCC(=O)N(CCC)CC(=O)N(Cc1ccccc1)Cc1cccs1. The molecule has 0 saturated heterocycles. The highest BCUT2D eigenvalue weighted by molar-refractivity contribution is 7.09. The minimum absolute atomic E-state index is 0.000145. The molecule has 0 saturated carbocycles. The highest BCUT2D eigenvalue weighted by Gasteiger charge is 2.21. The summed E-state index contributed by atoms with van der Waals surface area (Å²) in [5.74, 6) is 0.0682. The molecule has 0 aliphatic rings. The van der Waals surface area contributed by atoms with Gasteiger partial charge in [-0.05, 0) is 29.9 Å². The Labute approximate surface area is 160 Å². The third-order valence-corrected chi connectivity index (χ3v) is 4.99. The quantitative estimate of drug-likeness (QED) is 0.623. The van der Waals surface area contributed by atoms with E-state index in [4.69, 9.17) is 0 Å². The maximum absolute atomic E-state index is 13.0. The van der Waals surface area contributed by atoms with Crippen molar-refractivity contribution in [2.45, 2.75) is 46.2 Å². The number of hydrogen-bond donors (Lipinski definition) is 0. The van der Waals surface area contributed by atoms with Crippen molar-refractivity contribution < 1.29 is 9.59 Å². The van der Waals surface area contributed by atoms with E-state index in [-0.39, 0.29) is 18.4 Å². The minimum atomic E-state index is 0.000145. The summed E-state index contributed by atoms with van der Waals surface area (Å²) in [5, 5.41) is 2.02. The summed E-state index contributed by atoms with van der Waals surface area (Å²) < 4.78 is 0. The number of amides is 2. The van der Waals surface area contributed by atoms with Crippen LogP contribution in [0, 0.1) is 0 Å². The molecular weight excluding hydrogens is 344 g/mol. The van der Waals surface area contributed by atoms with E-state index in [0.29, 0.717) is 26.1 Å². The first-order chi connectivity index (χ1) is 12.6. The van der Waals surface area contributed by atoms with Crippen molar-refractivity contribution in [3.05, 3.63) is 58.3 Å². The van der Waals surface area contributed by atoms with E-state index in [1.54, 1.807) is 16.2 Å². The smallest absolute Gasteiger partial charge is 0.242 e. The Hall–Kier alpha value is -2.14. The van der Waals surface area contributed by atoms with E-state index >= 15 is 0 Å². The summed E-state index contributed by atoms with van der Waals surface area (Å²) in [4.78, 5) is 30.0. The lowest BCUT2D eigenvalue weighted by atomic mass is 10.2. The molecule has 1 aromatic heterocycles. The minimum Gasteiger partial charge on any atom is -0.333 e. The Morgan fingerprint density at radius 3 is 2.27 bits per heavy atom. The van der Waals surface area contributed by atoms with Crippen LogP contribution in [0.4, 0.5) is 0 Å². The third-order valence-electron chi connectivity index (χ3n) is 4.13. The summed E-state index contributed by atoms with van der Waals surface area (Å²) in [6.45, 7) is 5.94. The van der Waals surface area contributed by atoms with Crippen LogP contribution in [0.5, 0.6) is 0 Å². The fraction of sp³-hybridized carbons (Fsp3) is 0.429. The zero-order valence-corrected chi connectivity index (χ0v) is 16.5. The molecule has 2 amide bonds. The van der Waals surface area contributed by atoms with Gasteiger partial charge in [0.2, 0.25) is 11.8 Å². The lowest BCUT2D eigenvalue weighted by Gasteiger charge is -2.27. The average molecular weight is 373 g/mol. The van der Waals surface area contributed by atoms with Crippen molar-refractivity contribution in [3.8, 4) is 0 Å². The summed E-state index contributed by atoms with van der Waals surface area (Å²) in [6, 6.07) is 14.0. The van der Waals surface area contributed by atoms with Gasteiger partial charge in [-0.3, -0.25) is 9.59 Å². The number of nitrogens with zero attached hydrogens (tertiary/aromatic N) is 2. The van der Waals surface area contributed by atoms with E-state index in [1.807, 2.05) is 66.6 Å². The number of carbonyl (C=O) groups is 2. The Morgan fingerprint density at radius 1 is 0.885 bits per heavy atom. The molecule has 4 nitrogen and oxygen atoms in total. The molecule has 1 heterocycles. The number of hydrogen-bond acceptors (Lipinski definition) is 3. The number of benzene rings is 1. The van der Waals surface area contributed by atoms with Crippen LogP contribution in [0.2, 0.25) is 0 Å². The highest BCUT2D eigenvalue weighted by Crippen LogP contribution is 2.15. The first kappa shape index (κ1) is 20.2. The van der Waals surface area contributed by atoms with Crippen LogP contribution in [0.3, 0.4) is 0 Å². The lowest BCUT2D eigenvalue weighted by molar-refractivity contribution is -0.141. The van der Waals surface area contributed by atoms with E-state index < -0.39 is 0 Å². The van der Waals surface area contributed by atoms with Crippen LogP contribution in [0.25, 0.3) is 0 Å². The van der Waals surface area contributed by atoms with Crippen LogP contribution in [-0.4, -0.2) is 34.7 Å². The Morgan fingerprint density at radius 2 is 1.65 bits per heavy atom. The molecule has 0 aliphatic carbocycles. The van der Waals surface area contributed by atoms with Gasteiger partial charge in [-0.1, -0.05) is 50.2 Å². The maximum atomic E-state index is 13.0. The van der Waals surface area contributed by atoms with Gasteiger partial charge in [-0.15, -0.1) is 11.3 Å². The first-order valence-electron chi connectivity index (χ1n) is 9.25. The van der Waals surface area contributed by atoms with Crippen LogP contribution >= 0.6 is 11.3 Å². The molecular formula is C21H28N2O2S. The van der Waals surface area contributed by atoms with Gasteiger partial charge in [-0.2, -0.15) is 0 Å². The van der Waals surface area contributed by atoms with Crippen LogP contribution in [0.1, 0.15) is 43.6 Å². The molecule has 0 radical (unpaired) electrons. The third kappa shape index (κ3) is 6.30.